The molecule has 0 aromatic heterocycles. The highest BCUT2D eigenvalue weighted by atomic mass is 16.7. The van der Waals surface area contributed by atoms with Crippen molar-refractivity contribution >= 4 is 35.8 Å². The number of carbonyl (C=O) groups is 6. The quantitative estimate of drug-likeness (QED) is 0.0584. The monoisotopic (exact) mass is 1270 g/mol. The number of esters is 6. The Kier molecular flexibility index (Phi) is 15.4. The summed E-state index contributed by atoms with van der Waals surface area (Å²) in [4.78, 5) is 83.5. The van der Waals surface area contributed by atoms with Crippen LogP contribution in [0, 0.1) is 0 Å². The number of hydrogen-bond acceptors (Lipinski definition) is 36. The van der Waals surface area contributed by atoms with Crippen LogP contribution in [0.25, 0.3) is 22.3 Å². The molecule has 2 saturated heterocycles. The van der Waals surface area contributed by atoms with Crippen molar-refractivity contribution in [1.82, 2.24) is 0 Å². The molecule has 0 unspecified atom stereocenters. The molecule has 10 atom stereocenters. The lowest BCUT2D eigenvalue weighted by molar-refractivity contribution is -0.284. The van der Waals surface area contributed by atoms with Crippen LogP contribution < -0.4 is 4.74 Å². The zero-order valence-corrected chi connectivity index (χ0v) is 44.2. The average Bonchev–Trinajstić information content (AvgIpc) is 1.08. The number of phenolic OH excluding ortho intramolecular Hbond substituents is 17. The first kappa shape index (κ1) is 61.4. The lowest BCUT2D eigenvalue weighted by atomic mass is 9.91. The van der Waals surface area contributed by atoms with Gasteiger partial charge in [0.15, 0.2) is 87.0 Å². The highest BCUT2D eigenvalue weighted by Gasteiger charge is 2.52. The number of fused-ring (bicyclic) bond motifs is 8. The Labute approximate surface area is 495 Å². The van der Waals surface area contributed by atoms with Crippen molar-refractivity contribution in [1.29, 1.82) is 0 Å². The molecule has 0 saturated carbocycles. The SMILES string of the molecule is O=C(O[C@@H]1O[C@H]2COC(=O)c3cc(O)c(O)c(O)c3-c3c(cc(O)c(O)c3O)C(=O)O[C@@H]2[C@H](O)[C@H]1O)c1cc(O)c(O)c(Oc2c(O)c(O)c(O)c3c2C(=O)O[C@@H]2[C@H](O)[C@@H](O)[C@H](OC(=O)c4cc(O)c(O)c(O)c4)O[C@H]2COC(=O)c2cc(O)c(O)c(O)c2-3)c1. The molecule has 0 radical (unpaired) electrons. The van der Waals surface area contributed by atoms with Gasteiger partial charge in [0.1, 0.15) is 55.4 Å². The molecule has 36 heteroatoms. The first-order valence-corrected chi connectivity index (χ1v) is 25.2. The molecule has 36 nitrogen and oxygen atoms in total. The van der Waals surface area contributed by atoms with Crippen LogP contribution in [0.5, 0.6) is 109 Å². The van der Waals surface area contributed by atoms with E-state index in [0.717, 1.165) is 0 Å². The average molecular weight is 1270 g/mol. The van der Waals surface area contributed by atoms with Crippen LogP contribution in [0.3, 0.4) is 0 Å². The zero-order chi connectivity index (χ0) is 65.7. The lowest BCUT2D eigenvalue weighted by Gasteiger charge is -2.41. The van der Waals surface area contributed by atoms with Gasteiger partial charge in [0, 0.05) is 16.7 Å². The predicted molar refractivity (Wildman–Crippen MR) is 276 cm³/mol. The normalized spacial score (nSPS) is 23.1. The van der Waals surface area contributed by atoms with Crippen LogP contribution >= 0.6 is 0 Å². The maximum Gasteiger partial charge on any atom is 0.343 e. The van der Waals surface area contributed by atoms with Crippen LogP contribution in [0.1, 0.15) is 62.1 Å². The van der Waals surface area contributed by atoms with Crippen LogP contribution in [0.15, 0.2) is 42.5 Å². The van der Waals surface area contributed by atoms with Gasteiger partial charge in [0.2, 0.25) is 47.1 Å². The van der Waals surface area contributed by atoms with Gasteiger partial charge in [0.25, 0.3) is 0 Å². The Morgan fingerprint density at radius 2 is 0.722 bits per heavy atom. The molecule has 0 amide bonds. The second kappa shape index (κ2) is 22.5. The van der Waals surface area contributed by atoms with Crippen molar-refractivity contribution in [3.63, 3.8) is 0 Å². The summed E-state index contributed by atoms with van der Waals surface area (Å²) in [5.74, 6) is -37.0. The summed E-state index contributed by atoms with van der Waals surface area (Å²) < 4.78 is 48.5. The van der Waals surface area contributed by atoms with Crippen molar-refractivity contribution in [3.8, 4) is 131 Å². The van der Waals surface area contributed by atoms with Gasteiger partial charge in [-0.1, -0.05) is 0 Å². The van der Waals surface area contributed by atoms with Crippen LogP contribution in [-0.2, 0) is 37.9 Å². The van der Waals surface area contributed by atoms with E-state index in [1.807, 2.05) is 0 Å². The number of aliphatic hydroxyl groups is 4. The largest absolute Gasteiger partial charge is 0.504 e. The fourth-order valence-corrected chi connectivity index (χ4v) is 9.78. The highest BCUT2D eigenvalue weighted by molar-refractivity contribution is 6.11. The van der Waals surface area contributed by atoms with Gasteiger partial charge in [-0.3, -0.25) is 0 Å². The number of benzene rings is 6. The van der Waals surface area contributed by atoms with Crippen molar-refractivity contribution in [2.45, 2.75) is 61.4 Å². The van der Waals surface area contributed by atoms with Gasteiger partial charge in [-0.05, 0) is 42.5 Å². The fraction of sp³-hybridized carbons (Fsp3) is 0.222. The van der Waals surface area contributed by atoms with E-state index in [2.05, 4.69) is 0 Å². The van der Waals surface area contributed by atoms with E-state index >= 15 is 0 Å². The number of hydrogen-bond donors (Lipinski definition) is 21. The summed E-state index contributed by atoms with van der Waals surface area (Å²) in [5.41, 5.74) is -11.2. The second-order valence-electron chi connectivity index (χ2n) is 19.8. The van der Waals surface area contributed by atoms with E-state index in [4.69, 9.17) is 42.6 Å². The standard InChI is InChI=1S/C54H42O36/c55-15-1-10(2-16(56)29(15)61)47(76)89-53-43(75)41(73)45-23(86-53)9-83-50(79)13-6-19(59)33(65)36(68)26(13)27-28(52(81)88-45)46(39(71)38(70)37(27)69)84-21-4-11(3-17(57)30(21)62)48(77)90-54-42(74)40(72)44-22(85-54)8-82-49(78)12-5-18(58)31(63)34(66)24(12)25-14(51(80)87-44)7-20(60)32(64)35(25)67/h1-7,22-23,40-45,53-75H,8-9H2/t22-,23-,40+,41+,42+,43+,44-,45-,53-,54-/m0/s1. The first-order valence-electron chi connectivity index (χ1n) is 25.2. The van der Waals surface area contributed by atoms with Crippen molar-refractivity contribution in [2.24, 2.45) is 0 Å². The van der Waals surface area contributed by atoms with Gasteiger partial charge < -0.3 is 150 Å². The number of rotatable bonds is 6. The van der Waals surface area contributed by atoms with Gasteiger partial charge in [0.05, 0.1) is 33.4 Å². The molecule has 0 spiro atoms. The number of cyclic esters (lactones) is 2. The Morgan fingerprint density at radius 3 is 1.16 bits per heavy atom. The van der Waals surface area contributed by atoms with E-state index < -0.39 is 275 Å². The molecule has 4 aliphatic rings. The Bertz CT molecular complexity index is 4060. The molecule has 90 heavy (non-hydrogen) atoms. The van der Waals surface area contributed by atoms with Crippen molar-refractivity contribution < 1.29 is 179 Å². The Morgan fingerprint density at radius 1 is 0.367 bits per heavy atom. The Hall–Kier alpha value is -11.7. The van der Waals surface area contributed by atoms with Gasteiger partial charge in [-0.15, -0.1) is 0 Å². The maximum absolute atomic E-state index is 14.8. The van der Waals surface area contributed by atoms with Crippen LogP contribution in [0.2, 0.25) is 0 Å². The van der Waals surface area contributed by atoms with Gasteiger partial charge in [-0.2, -0.15) is 0 Å². The summed E-state index contributed by atoms with van der Waals surface area (Å²) >= 11 is 0. The molecular weight excluding hydrogens is 1220 g/mol. The van der Waals surface area contributed by atoms with E-state index in [1.54, 1.807) is 0 Å². The number of phenols is 17. The molecule has 0 aliphatic carbocycles. The summed E-state index contributed by atoms with van der Waals surface area (Å²) in [6.07, 6.45) is -23.7. The van der Waals surface area contributed by atoms with Crippen LogP contribution in [0.4, 0.5) is 0 Å². The van der Waals surface area contributed by atoms with Crippen molar-refractivity contribution in [3.05, 3.63) is 75.8 Å². The maximum atomic E-state index is 14.8. The molecule has 21 N–H and O–H groups in total. The minimum Gasteiger partial charge on any atom is -0.504 e. The van der Waals surface area contributed by atoms with E-state index in [9.17, 15) is 136 Å². The number of carbonyl (C=O) groups excluding carboxylic acids is 6. The molecule has 2 fully saturated rings. The minimum atomic E-state index is -2.54. The minimum absolute atomic E-state index is 0.357. The molecule has 4 aliphatic heterocycles. The fourth-order valence-electron chi connectivity index (χ4n) is 9.78. The van der Waals surface area contributed by atoms with Crippen LogP contribution in [-0.4, -0.2) is 218 Å². The third-order valence-corrected chi connectivity index (χ3v) is 14.3. The van der Waals surface area contributed by atoms with E-state index in [0.29, 0.717) is 42.5 Å². The highest BCUT2D eigenvalue weighted by Crippen LogP contribution is 2.59. The van der Waals surface area contributed by atoms with E-state index in [-0.39, 0.29) is 0 Å². The van der Waals surface area contributed by atoms with Gasteiger partial charge >= 0.3 is 35.8 Å². The third-order valence-electron chi connectivity index (χ3n) is 14.3. The lowest BCUT2D eigenvalue weighted by Crippen LogP contribution is -2.61. The number of ether oxygens (including phenoxy) is 9. The van der Waals surface area contributed by atoms with Crippen molar-refractivity contribution in [2.75, 3.05) is 13.2 Å². The van der Waals surface area contributed by atoms with Gasteiger partial charge in [-0.25, -0.2) is 28.8 Å². The second-order valence-corrected chi connectivity index (χ2v) is 19.8. The summed E-state index contributed by atoms with van der Waals surface area (Å²) in [7, 11) is 0. The zero-order valence-electron chi connectivity index (χ0n) is 44.2. The molecule has 474 valence electrons. The summed E-state index contributed by atoms with van der Waals surface area (Å²) in [5, 5.41) is 227. The molecular formula is C54H42O36. The molecule has 10 rings (SSSR count). The first-order chi connectivity index (χ1) is 42.3. The molecule has 6 aromatic rings. The topological polar surface area (TPSA) is 610 Å². The summed E-state index contributed by atoms with van der Waals surface area (Å²) in [6.45, 7) is -2.43. The molecule has 6 aromatic carbocycles. The third kappa shape index (κ3) is 10.2. The van der Waals surface area contributed by atoms with E-state index in [1.165, 1.54) is 0 Å². The Balaban J connectivity index is 0.998. The predicted octanol–water partition coefficient (Wildman–Crippen LogP) is -0.193. The number of aliphatic hydroxyl groups excluding tert-OH is 4. The number of aromatic hydroxyl groups is 17. The smallest absolute Gasteiger partial charge is 0.343 e. The summed E-state index contributed by atoms with van der Waals surface area (Å²) in [6, 6.07) is 3.25. The molecule has 0 bridgehead atoms. The molecule has 4 heterocycles.